The summed E-state index contributed by atoms with van der Waals surface area (Å²) in [6.07, 6.45) is 0.917. The molecule has 0 bridgehead atoms. The van der Waals surface area contributed by atoms with E-state index >= 15 is 0 Å². The lowest BCUT2D eigenvalue weighted by molar-refractivity contribution is -0.0796. The van der Waals surface area contributed by atoms with E-state index in [1.165, 1.54) is 11.5 Å². The van der Waals surface area contributed by atoms with E-state index in [4.69, 9.17) is 14.2 Å². The van der Waals surface area contributed by atoms with Gasteiger partial charge in [-0.3, -0.25) is 0 Å². The minimum absolute atomic E-state index is 0.190. The molecule has 0 atom stereocenters. The zero-order valence-corrected chi connectivity index (χ0v) is 12.6. The van der Waals surface area contributed by atoms with Crippen molar-refractivity contribution < 1.29 is 14.2 Å². The smallest absolute Gasteiger partial charge is 0.207 e. The second-order valence-electron chi connectivity index (χ2n) is 4.69. The first-order chi connectivity index (χ1) is 10.3. The van der Waals surface area contributed by atoms with E-state index in [0.29, 0.717) is 19.8 Å². The molecule has 2 heterocycles. The Morgan fingerprint density at radius 3 is 2.81 bits per heavy atom. The lowest BCUT2D eigenvalue weighted by atomic mass is 10.3. The Balaban J connectivity index is 1.55. The summed E-state index contributed by atoms with van der Waals surface area (Å²) >= 11 is 1.35. The minimum atomic E-state index is 0.190. The highest BCUT2D eigenvalue weighted by Crippen LogP contribution is 2.22. The van der Waals surface area contributed by atoms with Crippen molar-refractivity contribution in [3.05, 3.63) is 30.1 Å². The molecule has 1 fully saturated rings. The van der Waals surface area contributed by atoms with E-state index in [2.05, 4.69) is 14.7 Å². The van der Waals surface area contributed by atoms with Gasteiger partial charge in [0.15, 0.2) is 0 Å². The molecule has 1 aromatic heterocycles. The molecule has 1 saturated heterocycles. The summed E-state index contributed by atoms with van der Waals surface area (Å²) in [5.41, 5.74) is 0.960. The SMILES string of the molecule is COCCc1nsc(Nc2ccc(OC3COC3)cc2)n1. The predicted octanol–water partition coefficient (Wildman–Crippen LogP) is 2.25. The van der Waals surface area contributed by atoms with E-state index in [9.17, 15) is 0 Å². The summed E-state index contributed by atoms with van der Waals surface area (Å²) in [6, 6.07) is 7.80. The van der Waals surface area contributed by atoms with E-state index in [1.54, 1.807) is 7.11 Å². The van der Waals surface area contributed by atoms with Gasteiger partial charge in [0, 0.05) is 30.8 Å². The van der Waals surface area contributed by atoms with Crippen LogP contribution in [0.15, 0.2) is 24.3 Å². The fourth-order valence-electron chi connectivity index (χ4n) is 1.81. The third kappa shape index (κ3) is 3.90. The van der Waals surface area contributed by atoms with Crippen LogP contribution in [0.25, 0.3) is 0 Å². The van der Waals surface area contributed by atoms with Crippen LogP contribution < -0.4 is 10.1 Å². The number of anilines is 2. The van der Waals surface area contributed by atoms with Crippen LogP contribution in [0.3, 0.4) is 0 Å². The highest BCUT2D eigenvalue weighted by molar-refractivity contribution is 7.09. The van der Waals surface area contributed by atoms with Gasteiger partial charge in [-0.2, -0.15) is 4.37 Å². The van der Waals surface area contributed by atoms with Gasteiger partial charge in [0.25, 0.3) is 0 Å². The molecule has 0 amide bonds. The van der Waals surface area contributed by atoms with Crippen molar-refractivity contribution in [2.24, 2.45) is 0 Å². The fraction of sp³-hybridized carbons (Fsp3) is 0.429. The molecule has 1 aliphatic heterocycles. The number of nitrogens with zero attached hydrogens (tertiary/aromatic N) is 2. The van der Waals surface area contributed by atoms with E-state index in [0.717, 1.165) is 28.8 Å². The molecule has 1 N–H and O–H groups in total. The normalized spacial score (nSPS) is 14.7. The third-order valence-corrected chi connectivity index (χ3v) is 3.68. The number of rotatable bonds is 7. The Labute approximate surface area is 127 Å². The zero-order chi connectivity index (χ0) is 14.5. The molecule has 0 radical (unpaired) electrons. The average Bonchev–Trinajstić information content (AvgIpc) is 2.90. The molecular weight excluding hydrogens is 290 g/mol. The Morgan fingerprint density at radius 1 is 1.33 bits per heavy atom. The average molecular weight is 307 g/mol. The second kappa shape index (κ2) is 6.84. The van der Waals surface area contributed by atoms with Crippen LogP contribution in [0.2, 0.25) is 0 Å². The maximum absolute atomic E-state index is 5.71. The van der Waals surface area contributed by atoms with E-state index < -0.39 is 0 Å². The third-order valence-electron chi connectivity index (χ3n) is 3.01. The number of ether oxygens (including phenoxy) is 3. The summed E-state index contributed by atoms with van der Waals surface area (Å²) in [5.74, 6) is 1.65. The number of hydrogen-bond acceptors (Lipinski definition) is 7. The number of benzene rings is 1. The minimum Gasteiger partial charge on any atom is -0.486 e. The summed E-state index contributed by atoms with van der Waals surface area (Å²) in [5, 5.41) is 4.01. The van der Waals surface area contributed by atoms with Crippen LogP contribution in [0.5, 0.6) is 5.75 Å². The monoisotopic (exact) mass is 307 g/mol. The van der Waals surface area contributed by atoms with Gasteiger partial charge in [-0.15, -0.1) is 0 Å². The quantitative estimate of drug-likeness (QED) is 0.846. The van der Waals surface area contributed by atoms with Gasteiger partial charge in [-0.25, -0.2) is 4.98 Å². The van der Waals surface area contributed by atoms with Crippen LogP contribution in [0.4, 0.5) is 10.8 Å². The highest BCUT2D eigenvalue weighted by atomic mass is 32.1. The summed E-state index contributed by atoms with van der Waals surface area (Å²) in [4.78, 5) is 4.40. The lowest BCUT2D eigenvalue weighted by Gasteiger charge is -2.26. The van der Waals surface area contributed by atoms with Crippen LogP contribution in [-0.2, 0) is 15.9 Å². The number of hydrogen-bond donors (Lipinski definition) is 1. The fourth-order valence-corrected chi connectivity index (χ4v) is 2.45. The first kappa shape index (κ1) is 14.2. The van der Waals surface area contributed by atoms with Gasteiger partial charge in [0.1, 0.15) is 17.7 Å². The van der Waals surface area contributed by atoms with Crippen LogP contribution in [0.1, 0.15) is 5.82 Å². The number of aromatic nitrogens is 2. The maximum Gasteiger partial charge on any atom is 0.207 e. The maximum atomic E-state index is 5.71. The highest BCUT2D eigenvalue weighted by Gasteiger charge is 2.19. The van der Waals surface area contributed by atoms with Crippen molar-refractivity contribution in [1.29, 1.82) is 0 Å². The van der Waals surface area contributed by atoms with E-state index in [-0.39, 0.29) is 6.10 Å². The molecule has 7 heteroatoms. The Bertz CT molecular complexity index is 569. The van der Waals surface area contributed by atoms with Crippen LogP contribution in [0, 0.1) is 0 Å². The molecule has 112 valence electrons. The van der Waals surface area contributed by atoms with Crippen molar-refractivity contribution in [3.8, 4) is 5.75 Å². The zero-order valence-electron chi connectivity index (χ0n) is 11.7. The van der Waals surface area contributed by atoms with Gasteiger partial charge >= 0.3 is 0 Å². The number of nitrogens with one attached hydrogen (secondary N) is 1. The largest absolute Gasteiger partial charge is 0.486 e. The molecule has 0 aliphatic carbocycles. The first-order valence-electron chi connectivity index (χ1n) is 6.76. The van der Waals surface area contributed by atoms with Crippen molar-refractivity contribution in [2.45, 2.75) is 12.5 Å². The molecule has 2 aromatic rings. The lowest BCUT2D eigenvalue weighted by Crippen LogP contribution is -2.38. The van der Waals surface area contributed by atoms with Gasteiger partial charge in [-0.1, -0.05) is 0 Å². The molecule has 1 aromatic carbocycles. The summed E-state index contributed by atoms with van der Waals surface area (Å²) in [6.45, 7) is 1.98. The number of methoxy groups -OCH3 is 1. The molecule has 3 rings (SSSR count). The molecule has 1 aliphatic rings. The Kier molecular flexibility index (Phi) is 4.64. The molecule has 0 spiro atoms. The van der Waals surface area contributed by atoms with Gasteiger partial charge in [0.2, 0.25) is 5.13 Å². The Morgan fingerprint density at radius 2 is 2.14 bits per heavy atom. The molecule has 0 saturated carbocycles. The molecule has 0 unspecified atom stereocenters. The van der Waals surface area contributed by atoms with Gasteiger partial charge < -0.3 is 19.5 Å². The van der Waals surface area contributed by atoms with Gasteiger partial charge in [0.05, 0.1) is 19.8 Å². The van der Waals surface area contributed by atoms with Crippen molar-refractivity contribution >= 4 is 22.4 Å². The molecule has 21 heavy (non-hydrogen) atoms. The second-order valence-corrected chi connectivity index (χ2v) is 5.44. The topological polar surface area (TPSA) is 65.5 Å². The van der Waals surface area contributed by atoms with Crippen LogP contribution >= 0.6 is 11.5 Å². The standard InChI is InChI=1S/C14H17N3O3S/c1-18-7-6-13-16-14(21-17-13)15-10-2-4-11(5-3-10)20-12-8-19-9-12/h2-5,12H,6-9H2,1H3,(H,15,16,17). The van der Waals surface area contributed by atoms with Crippen LogP contribution in [-0.4, -0.2) is 42.4 Å². The van der Waals surface area contributed by atoms with Gasteiger partial charge in [-0.05, 0) is 24.3 Å². The van der Waals surface area contributed by atoms with Crippen molar-refractivity contribution in [3.63, 3.8) is 0 Å². The Hall–Kier alpha value is -1.70. The summed E-state index contributed by atoms with van der Waals surface area (Å²) < 4.78 is 20.1. The van der Waals surface area contributed by atoms with Crippen molar-refractivity contribution in [2.75, 3.05) is 32.2 Å². The first-order valence-corrected chi connectivity index (χ1v) is 7.54. The summed E-state index contributed by atoms with van der Waals surface area (Å²) in [7, 11) is 1.67. The predicted molar refractivity (Wildman–Crippen MR) is 80.4 cm³/mol. The van der Waals surface area contributed by atoms with E-state index in [1.807, 2.05) is 24.3 Å². The molecule has 6 nitrogen and oxygen atoms in total. The molecular formula is C14H17N3O3S. The van der Waals surface area contributed by atoms with Crippen molar-refractivity contribution in [1.82, 2.24) is 9.36 Å².